The van der Waals surface area contributed by atoms with Crippen molar-refractivity contribution in [2.45, 2.75) is 25.4 Å². The van der Waals surface area contributed by atoms with Gasteiger partial charge in [0.2, 0.25) is 0 Å². The van der Waals surface area contributed by atoms with Crippen LogP contribution in [-0.4, -0.2) is 38.4 Å². The van der Waals surface area contributed by atoms with Gasteiger partial charge in [0.05, 0.1) is 25.9 Å². The number of hydrogen-bond donors (Lipinski definition) is 1. The Labute approximate surface area is 89.3 Å². The quantitative estimate of drug-likeness (QED) is 0.661. The lowest BCUT2D eigenvalue weighted by Crippen LogP contribution is -2.43. The van der Waals surface area contributed by atoms with Gasteiger partial charge in [-0.2, -0.15) is 5.26 Å². The van der Waals surface area contributed by atoms with Gasteiger partial charge in [0.1, 0.15) is 0 Å². The lowest BCUT2D eigenvalue weighted by molar-refractivity contribution is -0.147. The minimum atomic E-state index is -0.463. The van der Waals surface area contributed by atoms with Gasteiger partial charge >= 0.3 is 0 Å². The Balaban J connectivity index is 2.05. The molecular weight excluding hydrogens is 196 g/mol. The third-order valence-electron chi connectivity index (χ3n) is 2.12. The highest BCUT2D eigenvalue weighted by Crippen LogP contribution is 2.00. The largest absolute Gasteiger partial charge is 0.376 e. The minimum Gasteiger partial charge on any atom is -0.376 e. The van der Waals surface area contributed by atoms with E-state index in [1.807, 2.05) is 0 Å². The minimum absolute atomic E-state index is 0.119. The summed E-state index contributed by atoms with van der Waals surface area (Å²) < 4.78 is 10.3. The number of carbonyl (C=O) groups is 1. The Morgan fingerprint density at radius 1 is 1.47 bits per heavy atom. The first-order valence-electron chi connectivity index (χ1n) is 5.18. The number of hydrogen-bond acceptors (Lipinski definition) is 4. The second-order valence-electron chi connectivity index (χ2n) is 3.34. The summed E-state index contributed by atoms with van der Waals surface area (Å²) in [6, 6.07) is 2.06. The van der Waals surface area contributed by atoms with Gasteiger partial charge in [0, 0.05) is 13.0 Å². The van der Waals surface area contributed by atoms with Crippen LogP contribution in [0.25, 0.3) is 0 Å². The molecule has 1 N–H and O–H groups in total. The van der Waals surface area contributed by atoms with Crippen LogP contribution in [0.3, 0.4) is 0 Å². The first-order valence-corrected chi connectivity index (χ1v) is 5.18. The molecule has 84 valence electrons. The van der Waals surface area contributed by atoms with Gasteiger partial charge in [0.25, 0.3) is 5.91 Å². The average Bonchev–Trinajstić information content (AvgIpc) is 2.30. The molecule has 1 aliphatic rings. The molecule has 0 aromatic heterocycles. The van der Waals surface area contributed by atoms with Crippen molar-refractivity contribution in [2.75, 3.05) is 26.4 Å². The molecule has 0 aromatic carbocycles. The zero-order chi connectivity index (χ0) is 10.9. The third-order valence-corrected chi connectivity index (χ3v) is 2.12. The van der Waals surface area contributed by atoms with Crippen LogP contribution in [0.5, 0.6) is 0 Å². The highest BCUT2D eigenvalue weighted by atomic mass is 16.6. The van der Waals surface area contributed by atoms with Crippen molar-refractivity contribution in [3.8, 4) is 6.07 Å². The Morgan fingerprint density at radius 3 is 3.00 bits per heavy atom. The second kappa shape index (κ2) is 7.21. The van der Waals surface area contributed by atoms with Crippen LogP contribution >= 0.6 is 0 Å². The molecule has 5 heteroatoms. The van der Waals surface area contributed by atoms with E-state index >= 15 is 0 Å². The van der Waals surface area contributed by atoms with Crippen LogP contribution in [-0.2, 0) is 14.3 Å². The van der Waals surface area contributed by atoms with Crippen molar-refractivity contribution in [2.24, 2.45) is 0 Å². The lowest BCUT2D eigenvalue weighted by Gasteiger charge is -2.21. The van der Waals surface area contributed by atoms with E-state index in [0.29, 0.717) is 32.8 Å². The van der Waals surface area contributed by atoms with E-state index in [2.05, 4.69) is 11.4 Å². The number of nitriles is 1. The van der Waals surface area contributed by atoms with Crippen LogP contribution in [0.1, 0.15) is 19.3 Å². The number of nitrogens with zero attached hydrogens (tertiary/aromatic N) is 1. The van der Waals surface area contributed by atoms with Gasteiger partial charge in [-0.3, -0.25) is 4.79 Å². The first kappa shape index (κ1) is 12.0. The molecule has 1 aliphatic heterocycles. The van der Waals surface area contributed by atoms with Gasteiger partial charge in [-0.05, 0) is 12.8 Å². The standard InChI is InChI=1S/C10H16N2O3/c11-4-2-1-3-5-12-10(13)9-8-14-6-7-15-9/h9H,1-3,5-8H2,(H,12,13). The fourth-order valence-electron chi connectivity index (χ4n) is 1.29. The van der Waals surface area contributed by atoms with E-state index in [-0.39, 0.29) is 5.91 Å². The first-order chi connectivity index (χ1) is 7.34. The molecule has 1 saturated heterocycles. The summed E-state index contributed by atoms with van der Waals surface area (Å²) in [6.07, 6.45) is 1.72. The molecule has 15 heavy (non-hydrogen) atoms. The van der Waals surface area contributed by atoms with Crippen molar-refractivity contribution < 1.29 is 14.3 Å². The Hall–Kier alpha value is -1.12. The molecule has 1 rings (SSSR count). The summed E-state index contributed by atoms with van der Waals surface area (Å²) in [7, 11) is 0. The number of ether oxygens (including phenoxy) is 2. The van der Waals surface area contributed by atoms with Gasteiger partial charge in [0.15, 0.2) is 6.10 Å². The number of rotatable bonds is 5. The van der Waals surface area contributed by atoms with Crippen LogP contribution in [0.2, 0.25) is 0 Å². The van der Waals surface area contributed by atoms with Crippen molar-refractivity contribution >= 4 is 5.91 Å². The van der Waals surface area contributed by atoms with Crippen LogP contribution < -0.4 is 5.32 Å². The van der Waals surface area contributed by atoms with E-state index in [9.17, 15) is 4.79 Å². The molecule has 0 aliphatic carbocycles. The van der Waals surface area contributed by atoms with E-state index in [1.165, 1.54) is 0 Å². The zero-order valence-corrected chi connectivity index (χ0v) is 8.70. The molecule has 0 radical (unpaired) electrons. The van der Waals surface area contributed by atoms with Crippen LogP contribution in [0, 0.1) is 11.3 Å². The summed E-state index contributed by atoms with van der Waals surface area (Å²) in [5, 5.41) is 11.1. The van der Waals surface area contributed by atoms with E-state index in [4.69, 9.17) is 14.7 Å². The van der Waals surface area contributed by atoms with Crippen molar-refractivity contribution in [3.05, 3.63) is 0 Å². The molecule has 0 aromatic rings. The third kappa shape index (κ3) is 4.77. The summed E-state index contributed by atoms with van der Waals surface area (Å²) in [5.41, 5.74) is 0. The van der Waals surface area contributed by atoms with Crippen LogP contribution in [0.4, 0.5) is 0 Å². The Bertz CT molecular complexity index is 231. The summed E-state index contributed by atoms with van der Waals surface area (Å²) in [6.45, 7) is 1.98. The average molecular weight is 212 g/mol. The van der Waals surface area contributed by atoms with Crippen LogP contribution in [0.15, 0.2) is 0 Å². The van der Waals surface area contributed by atoms with Crippen molar-refractivity contribution in [3.63, 3.8) is 0 Å². The highest BCUT2D eigenvalue weighted by Gasteiger charge is 2.21. The molecule has 5 nitrogen and oxygen atoms in total. The van der Waals surface area contributed by atoms with E-state index in [1.54, 1.807) is 0 Å². The van der Waals surface area contributed by atoms with Gasteiger partial charge in [-0.25, -0.2) is 0 Å². The Morgan fingerprint density at radius 2 is 2.33 bits per heavy atom. The maximum Gasteiger partial charge on any atom is 0.251 e. The predicted octanol–water partition coefficient (Wildman–Crippen LogP) is 0.212. The maximum atomic E-state index is 11.4. The van der Waals surface area contributed by atoms with Gasteiger partial charge in [-0.15, -0.1) is 0 Å². The predicted molar refractivity (Wildman–Crippen MR) is 53.0 cm³/mol. The van der Waals surface area contributed by atoms with E-state index in [0.717, 1.165) is 12.8 Å². The highest BCUT2D eigenvalue weighted by molar-refractivity contribution is 5.80. The smallest absolute Gasteiger partial charge is 0.251 e. The maximum absolute atomic E-state index is 11.4. The molecule has 1 unspecified atom stereocenters. The monoisotopic (exact) mass is 212 g/mol. The molecule has 0 bridgehead atoms. The lowest BCUT2D eigenvalue weighted by atomic mass is 10.2. The molecule has 1 heterocycles. The summed E-state index contributed by atoms with van der Waals surface area (Å²) in [4.78, 5) is 11.4. The number of unbranched alkanes of at least 4 members (excludes halogenated alkanes) is 2. The summed E-state index contributed by atoms with van der Waals surface area (Å²) >= 11 is 0. The Kier molecular flexibility index (Phi) is 5.74. The normalized spacial score (nSPS) is 20.6. The summed E-state index contributed by atoms with van der Waals surface area (Å²) in [5.74, 6) is -0.119. The van der Waals surface area contributed by atoms with Crippen molar-refractivity contribution in [1.29, 1.82) is 5.26 Å². The second-order valence-corrected chi connectivity index (χ2v) is 3.34. The molecule has 0 spiro atoms. The molecule has 1 fully saturated rings. The number of amides is 1. The number of carbonyl (C=O) groups excluding carboxylic acids is 1. The fourth-order valence-corrected chi connectivity index (χ4v) is 1.29. The molecule has 1 atom stereocenters. The van der Waals surface area contributed by atoms with Crippen molar-refractivity contribution in [1.82, 2.24) is 5.32 Å². The molecule has 1 amide bonds. The fraction of sp³-hybridized carbons (Fsp3) is 0.800. The van der Waals surface area contributed by atoms with Gasteiger partial charge < -0.3 is 14.8 Å². The van der Waals surface area contributed by atoms with Gasteiger partial charge in [-0.1, -0.05) is 0 Å². The zero-order valence-electron chi connectivity index (χ0n) is 8.70. The SMILES string of the molecule is N#CCCCCNC(=O)C1COCCO1. The molecular formula is C10H16N2O3. The number of nitrogens with one attached hydrogen (secondary N) is 1. The van der Waals surface area contributed by atoms with E-state index < -0.39 is 6.10 Å². The molecule has 0 saturated carbocycles. The topological polar surface area (TPSA) is 71.4 Å².